The maximum Gasteiger partial charge on any atom is 0.330 e. The van der Waals surface area contributed by atoms with Crippen LogP contribution in [-0.2, 0) is 6.54 Å². The molecule has 20 heavy (non-hydrogen) atoms. The van der Waals surface area contributed by atoms with Crippen molar-refractivity contribution in [2.24, 2.45) is 0 Å². The van der Waals surface area contributed by atoms with Crippen molar-refractivity contribution in [3.8, 4) is 0 Å². The second-order valence-electron chi connectivity index (χ2n) is 5.64. The van der Waals surface area contributed by atoms with E-state index in [4.69, 9.17) is 5.73 Å². The molecule has 0 aliphatic heterocycles. The van der Waals surface area contributed by atoms with Crippen LogP contribution in [0.5, 0.6) is 0 Å². The minimum Gasteiger partial charge on any atom is -0.383 e. The molecule has 1 aromatic rings. The number of nitrogens with two attached hydrogens (primary N) is 1. The highest BCUT2D eigenvalue weighted by Crippen LogP contribution is 2.38. The third-order valence-corrected chi connectivity index (χ3v) is 4.35. The van der Waals surface area contributed by atoms with Crippen LogP contribution in [0.25, 0.3) is 0 Å². The monoisotopic (exact) mass is 280 g/mol. The number of nitrogens with zero attached hydrogens (tertiary/aromatic N) is 1. The van der Waals surface area contributed by atoms with Crippen LogP contribution in [-0.4, -0.2) is 15.1 Å². The highest BCUT2D eigenvalue weighted by atomic mass is 16.2. The Bertz CT molecular complexity index is 578. The molecule has 112 valence electrons. The first-order chi connectivity index (χ1) is 9.53. The van der Waals surface area contributed by atoms with Gasteiger partial charge in [0.2, 0.25) is 0 Å². The summed E-state index contributed by atoms with van der Waals surface area (Å²) in [4.78, 5) is 26.2. The van der Waals surface area contributed by atoms with E-state index in [2.05, 4.69) is 17.2 Å². The zero-order chi connectivity index (χ0) is 14.8. The third kappa shape index (κ3) is 2.59. The predicted molar refractivity (Wildman–Crippen MR) is 81.1 cm³/mol. The Morgan fingerprint density at radius 1 is 1.35 bits per heavy atom. The number of aromatic amines is 1. The Hall–Kier alpha value is -1.72. The van der Waals surface area contributed by atoms with Gasteiger partial charge in [-0.3, -0.25) is 14.3 Å². The molecule has 2 rings (SSSR count). The summed E-state index contributed by atoms with van der Waals surface area (Å²) < 4.78 is 1.45. The Morgan fingerprint density at radius 3 is 2.55 bits per heavy atom. The third-order valence-electron chi connectivity index (χ3n) is 4.35. The molecule has 1 aliphatic carbocycles. The number of aromatic nitrogens is 2. The van der Waals surface area contributed by atoms with Crippen molar-refractivity contribution in [3.63, 3.8) is 0 Å². The SMILES string of the molecule is CCCCn1c(N)c(NC2(CC)CCC2)c(=O)[nH]c1=O. The summed E-state index contributed by atoms with van der Waals surface area (Å²) in [5, 5.41) is 3.29. The number of hydrogen-bond donors (Lipinski definition) is 3. The number of unbranched alkanes of at least 4 members (excludes halogenated alkanes) is 1. The molecule has 0 spiro atoms. The summed E-state index contributed by atoms with van der Waals surface area (Å²) in [6.07, 6.45) is 6.00. The summed E-state index contributed by atoms with van der Waals surface area (Å²) in [6.45, 7) is 4.68. The fourth-order valence-corrected chi connectivity index (χ4v) is 2.68. The molecule has 0 saturated heterocycles. The van der Waals surface area contributed by atoms with Gasteiger partial charge in [-0.05, 0) is 32.1 Å². The fraction of sp³-hybridized carbons (Fsp3) is 0.714. The van der Waals surface area contributed by atoms with Crippen LogP contribution in [0.15, 0.2) is 9.59 Å². The van der Waals surface area contributed by atoms with Crippen molar-refractivity contribution >= 4 is 11.5 Å². The van der Waals surface area contributed by atoms with Gasteiger partial charge in [-0.1, -0.05) is 20.3 Å². The zero-order valence-corrected chi connectivity index (χ0v) is 12.3. The van der Waals surface area contributed by atoms with Crippen LogP contribution >= 0.6 is 0 Å². The van der Waals surface area contributed by atoms with Gasteiger partial charge in [-0.2, -0.15) is 0 Å². The lowest BCUT2D eigenvalue weighted by atomic mass is 9.75. The minimum absolute atomic E-state index is 0.0336. The average molecular weight is 280 g/mol. The Morgan fingerprint density at radius 2 is 2.05 bits per heavy atom. The van der Waals surface area contributed by atoms with Crippen molar-refractivity contribution in [2.45, 2.75) is 64.5 Å². The first-order valence-electron chi connectivity index (χ1n) is 7.44. The van der Waals surface area contributed by atoms with E-state index in [-0.39, 0.29) is 11.4 Å². The van der Waals surface area contributed by atoms with Gasteiger partial charge < -0.3 is 11.1 Å². The van der Waals surface area contributed by atoms with Crippen molar-refractivity contribution in [1.82, 2.24) is 9.55 Å². The van der Waals surface area contributed by atoms with E-state index >= 15 is 0 Å². The molecule has 0 amide bonds. The van der Waals surface area contributed by atoms with Gasteiger partial charge in [0.25, 0.3) is 5.56 Å². The largest absolute Gasteiger partial charge is 0.383 e. The van der Waals surface area contributed by atoms with Crippen LogP contribution in [0, 0.1) is 0 Å². The highest BCUT2D eigenvalue weighted by Gasteiger charge is 2.36. The topological polar surface area (TPSA) is 92.9 Å². The molecule has 0 aromatic carbocycles. The maximum atomic E-state index is 12.0. The first-order valence-corrected chi connectivity index (χ1v) is 7.44. The van der Waals surface area contributed by atoms with Crippen LogP contribution in [0.1, 0.15) is 52.4 Å². The highest BCUT2D eigenvalue weighted by molar-refractivity contribution is 5.62. The molecular weight excluding hydrogens is 256 g/mol. The quantitative estimate of drug-likeness (QED) is 0.739. The normalized spacial score (nSPS) is 16.7. The van der Waals surface area contributed by atoms with Gasteiger partial charge in [0, 0.05) is 12.1 Å². The van der Waals surface area contributed by atoms with E-state index in [0.29, 0.717) is 12.2 Å². The smallest absolute Gasteiger partial charge is 0.330 e. The maximum absolute atomic E-state index is 12.0. The fourth-order valence-electron chi connectivity index (χ4n) is 2.68. The summed E-state index contributed by atoms with van der Waals surface area (Å²) >= 11 is 0. The van der Waals surface area contributed by atoms with Crippen molar-refractivity contribution in [2.75, 3.05) is 11.1 Å². The minimum atomic E-state index is -0.425. The van der Waals surface area contributed by atoms with E-state index in [1.807, 2.05) is 6.92 Å². The van der Waals surface area contributed by atoms with E-state index in [0.717, 1.165) is 38.5 Å². The molecule has 1 fully saturated rings. The number of nitrogen functional groups attached to an aromatic ring is 1. The molecule has 6 nitrogen and oxygen atoms in total. The lowest BCUT2D eigenvalue weighted by Gasteiger charge is -2.42. The first kappa shape index (κ1) is 14.7. The molecule has 4 N–H and O–H groups in total. The molecule has 1 saturated carbocycles. The molecule has 1 heterocycles. The van der Waals surface area contributed by atoms with Crippen molar-refractivity contribution in [3.05, 3.63) is 20.8 Å². The van der Waals surface area contributed by atoms with Crippen LogP contribution in [0.3, 0.4) is 0 Å². The molecule has 0 atom stereocenters. The van der Waals surface area contributed by atoms with Crippen molar-refractivity contribution in [1.29, 1.82) is 0 Å². The summed E-state index contributed by atoms with van der Waals surface area (Å²) in [5.74, 6) is 0.256. The Balaban J connectivity index is 2.37. The van der Waals surface area contributed by atoms with Crippen LogP contribution in [0.2, 0.25) is 0 Å². The molecule has 1 aliphatic rings. The van der Waals surface area contributed by atoms with Gasteiger partial charge >= 0.3 is 5.69 Å². The van der Waals surface area contributed by atoms with Crippen LogP contribution < -0.4 is 22.3 Å². The molecule has 0 unspecified atom stereocenters. The molecule has 6 heteroatoms. The van der Waals surface area contributed by atoms with E-state index in [1.165, 1.54) is 4.57 Å². The van der Waals surface area contributed by atoms with Gasteiger partial charge in [0.05, 0.1) is 0 Å². The van der Waals surface area contributed by atoms with Gasteiger partial charge in [-0.15, -0.1) is 0 Å². The Kier molecular flexibility index (Phi) is 4.20. The number of H-pyrrole nitrogens is 1. The Labute approximate surface area is 118 Å². The average Bonchev–Trinajstić information content (AvgIpc) is 2.37. The lowest BCUT2D eigenvalue weighted by Crippen LogP contribution is -2.47. The van der Waals surface area contributed by atoms with Crippen molar-refractivity contribution < 1.29 is 0 Å². The summed E-state index contributed by atoms with van der Waals surface area (Å²) in [5.41, 5.74) is 5.52. The van der Waals surface area contributed by atoms with E-state index < -0.39 is 11.2 Å². The number of rotatable bonds is 6. The van der Waals surface area contributed by atoms with Gasteiger partial charge in [0.1, 0.15) is 11.5 Å². The van der Waals surface area contributed by atoms with Gasteiger partial charge in [-0.25, -0.2) is 4.79 Å². The molecule has 0 bridgehead atoms. The second kappa shape index (κ2) is 5.73. The standard InChI is InChI=1S/C14H24N4O2/c1-3-5-9-18-11(15)10(12(19)16-13(18)20)17-14(4-2)7-6-8-14/h17H,3-9,15H2,1-2H3,(H,16,19,20). The number of anilines is 2. The summed E-state index contributed by atoms with van der Waals surface area (Å²) in [7, 11) is 0. The van der Waals surface area contributed by atoms with Crippen LogP contribution in [0.4, 0.5) is 11.5 Å². The number of hydrogen-bond acceptors (Lipinski definition) is 4. The molecular formula is C14H24N4O2. The lowest BCUT2D eigenvalue weighted by molar-refractivity contribution is 0.269. The number of nitrogens with one attached hydrogen (secondary N) is 2. The molecule has 1 aromatic heterocycles. The summed E-state index contributed by atoms with van der Waals surface area (Å²) in [6, 6.07) is 0. The van der Waals surface area contributed by atoms with E-state index in [9.17, 15) is 9.59 Å². The molecule has 0 radical (unpaired) electrons. The van der Waals surface area contributed by atoms with E-state index in [1.54, 1.807) is 0 Å². The predicted octanol–water partition coefficient (Wildman–Crippen LogP) is 1.66. The zero-order valence-electron chi connectivity index (χ0n) is 12.3. The van der Waals surface area contributed by atoms with Gasteiger partial charge in [0.15, 0.2) is 0 Å². The second-order valence-corrected chi connectivity index (χ2v) is 5.64.